The van der Waals surface area contributed by atoms with Crippen LogP contribution in [0.2, 0.25) is 0 Å². The molecule has 1 atom stereocenters. The highest BCUT2D eigenvalue weighted by Crippen LogP contribution is 2.27. The molecule has 0 aliphatic carbocycles. The van der Waals surface area contributed by atoms with E-state index in [0.29, 0.717) is 26.2 Å². The van der Waals surface area contributed by atoms with Gasteiger partial charge < -0.3 is 14.8 Å². The molecule has 1 N–H and O–H groups in total. The number of aromatic nitrogens is 5. The summed E-state index contributed by atoms with van der Waals surface area (Å²) in [6.07, 6.45) is 5.37. The Morgan fingerprint density at radius 2 is 2.00 bits per heavy atom. The Kier molecular flexibility index (Phi) is 4.68. The maximum absolute atomic E-state index is 14.7. The van der Waals surface area contributed by atoms with Gasteiger partial charge in [-0.25, -0.2) is 14.1 Å². The average Bonchev–Trinajstić information content (AvgIpc) is 3.63. The zero-order valence-corrected chi connectivity index (χ0v) is 17.9. The fourth-order valence-corrected chi connectivity index (χ4v) is 4.63. The summed E-state index contributed by atoms with van der Waals surface area (Å²) in [5.41, 5.74) is 1.27. The van der Waals surface area contributed by atoms with Crippen LogP contribution >= 0.6 is 0 Å². The lowest BCUT2D eigenvalue weighted by Gasteiger charge is -2.38. The minimum absolute atomic E-state index is 0.00327. The topological polar surface area (TPSA) is 112 Å². The third-order valence-electron chi connectivity index (χ3n) is 6.25. The Morgan fingerprint density at radius 1 is 1.15 bits per heavy atom. The third kappa shape index (κ3) is 3.16. The first-order valence-corrected chi connectivity index (χ1v) is 10.8. The van der Waals surface area contributed by atoms with Gasteiger partial charge in [0.2, 0.25) is 0 Å². The van der Waals surface area contributed by atoms with Crippen molar-refractivity contribution in [2.75, 3.05) is 26.2 Å². The van der Waals surface area contributed by atoms with E-state index in [-0.39, 0.29) is 28.3 Å². The first kappa shape index (κ1) is 20.2. The quantitative estimate of drug-likeness (QED) is 0.366. The number of nitrogens with one attached hydrogen (secondary N) is 1. The number of pyridine rings is 1. The van der Waals surface area contributed by atoms with E-state index < -0.39 is 17.5 Å². The number of hydrogen-bond acceptors (Lipinski definition) is 7. The number of H-pyrrole nitrogens is 1. The summed E-state index contributed by atoms with van der Waals surface area (Å²) in [5, 5.41) is 7.62. The van der Waals surface area contributed by atoms with Crippen LogP contribution in [0, 0.1) is 5.82 Å². The zero-order chi connectivity index (χ0) is 23.2. The molecule has 1 fully saturated rings. The molecule has 2 aliphatic heterocycles. The van der Waals surface area contributed by atoms with Crippen LogP contribution in [0.4, 0.5) is 4.39 Å². The number of aromatic amines is 1. The number of nitrogens with zero attached hydrogens (tertiary/aromatic N) is 7. The second-order valence-electron chi connectivity index (χ2n) is 8.19. The number of halogens is 1. The summed E-state index contributed by atoms with van der Waals surface area (Å²) in [7, 11) is 0. The Morgan fingerprint density at radius 3 is 2.79 bits per heavy atom. The standard InChI is InChI=1S/C23H19FN8O2/c24-17-12-27-22(32-7-6-28-29-32)19-18(17)16(11-25-19)20(33)23(34)30-8-9-31-15(13-30)10-26-21(31)14-4-2-1-3-5-14/h1-7,11-12,15,25H,8-10,13H2. The zero-order valence-electron chi connectivity index (χ0n) is 17.9. The number of carbonyl (C=O) groups is 2. The van der Waals surface area contributed by atoms with Crippen molar-refractivity contribution in [1.82, 2.24) is 34.8 Å². The minimum atomic E-state index is -0.767. The van der Waals surface area contributed by atoms with E-state index in [1.54, 1.807) is 6.20 Å². The number of piperazine rings is 1. The molecule has 1 amide bonds. The lowest BCUT2D eigenvalue weighted by molar-refractivity contribution is -0.128. The van der Waals surface area contributed by atoms with Crippen molar-refractivity contribution in [3.05, 3.63) is 72.1 Å². The van der Waals surface area contributed by atoms with Gasteiger partial charge in [0.1, 0.15) is 5.84 Å². The van der Waals surface area contributed by atoms with Gasteiger partial charge in [0.05, 0.1) is 47.6 Å². The van der Waals surface area contributed by atoms with Crippen LogP contribution in [-0.2, 0) is 4.79 Å². The monoisotopic (exact) mass is 458 g/mol. The lowest BCUT2D eigenvalue weighted by Crippen LogP contribution is -2.56. The lowest BCUT2D eigenvalue weighted by atomic mass is 10.1. The second-order valence-corrected chi connectivity index (χ2v) is 8.19. The summed E-state index contributed by atoms with van der Waals surface area (Å²) >= 11 is 0. The molecule has 10 nitrogen and oxygen atoms in total. The molecule has 170 valence electrons. The van der Waals surface area contributed by atoms with Crippen molar-refractivity contribution >= 4 is 28.4 Å². The molecule has 5 heterocycles. The summed E-state index contributed by atoms with van der Waals surface area (Å²) in [6, 6.07) is 9.91. The highest BCUT2D eigenvalue weighted by molar-refractivity contribution is 6.45. The number of carbonyl (C=O) groups excluding carboxylic acids is 2. The molecule has 1 aromatic carbocycles. The van der Waals surface area contributed by atoms with E-state index >= 15 is 0 Å². The minimum Gasteiger partial charge on any atom is -0.357 e. The number of aliphatic imine (C=N–C) groups is 1. The van der Waals surface area contributed by atoms with Crippen molar-refractivity contribution in [2.45, 2.75) is 6.04 Å². The molecule has 1 saturated heterocycles. The number of hydrogen-bond donors (Lipinski definition) is 1. The van der Waals surface area contributed by atoms with Crippen LogP contribution in [0.5, 0.6) is 0 Å². The van der Waals surface area contributed by atoms with Crippen molar-refractivity contribution in [2.24, 2.45) is 4.99 Å². The fraction of sp³-hybridized carbons (Fsp3) is 0.217. The number of benzene rings is 1. The number of amidine groups is 1. The highest BCUT2D eigenvalue weighted by Gasteiger charge is 2.37. The predicted molar refractivity (Wildman–Crippen MR) is 120 cm³/mol. The van der Waals surface area contributed by atoms with Crippen LogP contribution in [0.3, 0.4) is 0 Å². The number of amides is 1. The first-order valence-electron chi connectivity index (χ1n) is 10.8. The van der Waals surface area contributed by atoms with Crippen LogP contribution < -0.4 is 0 Å². The SMILES string of the molecule is O=C(C(=O)N1CCN2C(c3ccccc3)=NCC2C1)c1c[nH]c2c(-n3ccnn3)ncc(F)c12. The van der Waals surface area contributed by atoms with Crippen LogP contribution in [-0.4, -0.2) is 84.5 Å². The predicted octanol–water partition coefficient (Wildman–Crippen LogP) is 1.44. The smallest absolute Gasteiger partial charge is 0.295 e. The molecule has 0 spiro atoms. The molecule has 1 unspecified atom stereocenters. The van der Waals surface area contributed by atoms with Crippen molar-refractivity contribution in [3.8, 4) is 5.82 Å². The summed E-state index contributed by atoms with van der Waals surface area (Å²) in [6.45, 7) is 1.88. The van der Waals surface area contributed by atoms with Crippen molar-refractivity contribution in [3.63, 3.8) is 0 Å². The van der Waals surface area contributed by atoms with Crippen molar-refractivity contribution in [1.29, 1.82) is 0 Å². The number of Topliss-reactive ketones (excluding diaryl/α,β-unsaturated/α-hetero) is 1. The van der Waals surface area contributed by atoms with Crippen molar-refractivity contribution < 1.29 is 14.0 Å². The molecule has 0 bridgehead atoms. The van der Waals surface area contributed by atoms with Gasteiger partial charge in [-0.2, -0.15) is 0 Å². The molecule has 11 heteroatoms. The van der Waals surface area contributed by atoms with E-state index in [2.05, 4.69) is 30.2 Å². The van der Waals surface area contributed by atoms with Gasteiger partial charge in [0.15, 0.2) is 11.6 Å². The number of ketones is 1. The Balaban J connectivity index is 1.24. The highest BCUT2D eigenvalue weighted by atomic mass is 19.1. The Labute approximate surface area is 192 Å². The van der Waals surface area contributed by atoms with E-state index in [1.165, 1.54) is 22.0 Å². The van der Waals surface area contributed by atoms with Gasteiger partial charge in [0, 0.05) is 31.4 Å². The molecule has 0 radical (unpaired) electrons. The molecular weight excluding hydrogens is 439 g/mol. The molecule has 2 aliphatic rings. The number of fused-ring (bicyclic) bond motifs is 2. The largest absolute Gasteiger partial charge is 0.357 e. The van der Waals surface area contributed by atoms with Gasteiger partial charge in [-0.05, 0) is 0 Å². The van der Waals surface area contributed by atoms with Gasteiger partial charge in [-0.1, -0.05) is 35.5 Å². The van der Waals surface area contributed by atoms with E-state index in [9.17, 15) is 14.0 Å². The normalized spacial score (nSPS) is 17.7. The van der Waals surface area contributed by atoms with Crippen LogP contribution in [0.15, 0.2) is 60.1 Å². The molecular formula is C23H19FN8O2. The summed E-state index contributed by atoms with van der Waals surface area (Å²) in [5.74, 6) is -0.928. The molecule has 4 aromatic rings. The van der Waals surface area contributed by atoms with Gasteiger partial charge in [-0.15, -0.1) is 5.10 Å². The summed E-state index contributed by atoms with van der Waals surface area (Å²) < 4.78 is 16.1. The molecule has 0 saturated carbocycles. The maximum atomic E-state index is 14.7. The Bertz CT molecular complexity index is 1430. The molecule has 34 heavy (non-hydrogen) atoms. The maximum Gasteiger partial charge on any atom is 0.295 e. The molecule has 3 aromatic heterocycles. The Hall–Kier alpha value is -4.41. The fourth-order valence-electron chi connectivity index (χ4n) is 4.63. The van der Waals surface area contributed by atoms with Crippen LogP contribution in [0.1, 0.15) is 15.9 Å². The number of rotatable bonds is 4. The van der Waals surface area contributed by atoms with E-state index in [4.69, 9.17) is 0 Å². The van der Waals surface area contributed by atoms with E-state index in [1.807, 2.05) is 30.3 Å². The van der Waals surface area contributed by atoms with Crippen LogP contribution in [0.25, 0.3) is 16.7 Å². The van der Waals surface area contributed by atoms with E-state index in [0.717, 1.165) is 17.6 Å². The van der Waals surface area contributed by atoms with Gasteiger partial charge in [0.25, 0.3) is 11.7 Å². The average molecular weight is 458 g/mol. The third-order valence-corrected chi connectivity index (χ3v) is 6.25. The van der Waals surface area contributed by atoms with Gasteiger partial charge in [-0.3, -0.25) is 14.6 Å². The second kappa shape index (κ2) is 7.87. The first-order chi connectivity index (χ1) is 16.6. The molecule has 6 rings (SSSR count). The van der Waals surface area contributed by atoms with Gasteiger partial charge >= 0.3 is 0 Å². The summed E-state index contributed by atoms with van der Waals surface area (Å²) in [4.78, 5) is 41.6.